The molecule has 11 nitrogen and oxygen atoms in total. The highest BCUT2D eigenvalue weighted by molar-refractivity contribution is 5.98. The first-order chi connectivity index (χ1) is 19.4. The van der Waals surface area contributed by atoms with E-state index in [9.17, 15) is 24.3 Å². The SMILES string of the molecule is CCCCONC(=O)[C@@H](NC(=O)c1ccc(-c2ccc(C(=O)NCCCNC(=O)OC(C)(C)C)cc2)cc1)[C@@H](C)O. The molecule has 0 aromatic heterocycles. The molecule has 2 aromatic rings. The third kappa shape index (κ3) is 12.0. The van der Waals surface area contributed by atoms with Crippen LogP contribution in [0.2, 0.25) is 0 Å². The number of benzene rings is 2. The number of carbonyl (C=O) groups excluding carboxylic acids is 4. The maximum absolute atomic E-state index is 12.7. The summed E-state index contributed by atoms with van der Waals surface area (Å²) < 4.78 is 5.17. The molecule has 0 aliphatic heterocycles. The van der Waals surface area contributed by atoms with Crippen LogP contribution in [0.5, 0.6) is 0 Å². The van der Waals surface area contributed by atoms with E-state index in [2.05, 4.69) is 21.4 Å². The topological polar surface area (TPSA) is 155 Å². The smallest absolute Gasteiger partial charge is 0.407 e. The van der Waals surface area contributed by atoms with Crippen LogP contribution in [0.4, 0.5) is 4.79 Å². The van der Waals surface area contributed by atoms with Crippen LogP contribution in [0.15, 0.2) is 48.5 Å². The molecule has 0 aliphatic rings. The van der Waals surface area contributed by atoms with Gasteiger partial charge in [0.15, 0.2) is 0 Å². The van der Waals surface area contributed by atoms with Crippen molar-refractivity contribution < 1.29 is 33.9 Å². The summed E-state index contributed by atoms with van der Waals surface area (Å²) in [5, 5.41) is 18.0. The molecule has 0 spiro atoms. The minimum Gasteiger partial charge on any atom is -0.444 e. The zero-order chi connectivity index (χ0) is 30.4. The largest absolute Gasteiger partial charge is 0.444 e. The second kappa shape index (κ2) is 16.3. The maximum atomic E-state index is 12.7. The van der Waals surface area contributed by atoms with Gasteiger partial charge in [0.2, 0.25) is 0 Å². The lowest BCUT2D eigenvalue weighted by molar-refractivity contribution is -0.138. The lowest BCUT2D eigenvalue weighted by atomic mass is 10.0. The van der Waals surface area contributed by atoms with Crippen molar-refractivity contribution in [3.63, 3.8) is 0 Å². The molecule has 5 N–H and O–H groups in total. The van der Waals surface area contributed by atoms with Crippen LogP contribution in [-0.4, -0.2) is 66.4 Å². The minimum atomic E-state index is -1.18. The summed E-state index contributed by atoms with van der Waals surface area (Å²) in [5.41, 5.74) is 4.19. The first-order valence-electron chi connectivity index (χ1n) is 13.8. The van der Waals surface area contributed by atoms with Gasteiger partial charge in [-0.1, -0.05) is 37.6 Å². The van der Waals surface area contributed by atoms with Gasteiger partial charge in [0.1, 0.15) is 11.6 Å². The van der Waals surface area contributed by atoms with E-state index in [-0.39, 0.29) is 5.91 Å². The Kier molecular flexibility index (Phi) is 13.2. The number of ether oxygens (including phenoxy) is 1. The van der Waals surface area contributed by atoms with E-state index in [0.717, 1.165) is 24.0 Å². The van der Waals surface area contributed by atoms with Crippen molar-refractivity contribution in [3.05, 3.63) is 59.7 Å². The second-order valence-corrected chi connectivity index (χ2v) is 10.6. The summed E-state index contributed by atoms with van der Waals surface area (Å²) in [6.07, 6.45) is 0.605. The highest BCUT2D eigenvalue weighted by atomic mass is 16.7. The van der Waals surface area contributed by atoms with Crippen molar-refractivity contribution in [2.45, 2.75) is 71.6 Å². The van der Waals surface area contributed by atoms with E-state index in [0.29, 0.717) is 37.2 Å². The normalized spacial score (nSPS) is 12.5. The molecule has 0 unspecified atom stereocenters. The molecule has 41 heavy (non-hydrogen) atoms. The molecule has 0 heterocycles. The fourth-order valence-corrected chi connectivity index (χ4v) is 3.56. The Bertz CT molecular complexity index is 1140. The van der Waals surface area contributed by atoms with Gasteiger partial charge in [0.05, 0.1) is 12.7 Å². The van der Waals surface area contributed by atoms with Gasteiger partial charge in [-0.15, -0.1) is 0 Å². The molecule has 0 bridgehead atoms. The van der Waals surface area contributed by atoms with Crippen molar-refractivity contribution in [2.24, 2.45) is 0 Å². The number of alkyl carbamates (subject to hydrolysis) is 1. The Hall–Kier alpha value is -3.96. The van der Waals surface area contributed by atoms with Gasteiger partial charge in [-0.2, -0.15) is 0 Å². The molecule has 224 valence electrons. The highest BCUT2D eigenvalue weighted by Crippen LogP contribution is 2.20. The van der Waals surface area contributed by atoms with Crippen LogP contribution in [0.1, 0.15) is 74.6 Å². The Morgan fingerprint density at radius 1 is 0.829 bits per heavy atom. The van der Waals surface area contributed by atoms with Crippen molar-refractivity contribution in [1.29, 1.82) is 0 Å². The molecule has 2 atom stereocenters. The predicted molar refractivity (Wildman–Crippen MR) is 155 cm³/mol. The molecule has 0 saturated heterocycles. The third-order valence-corrected chi connectivity index (χ3v) is 5.76. The van der Waals surface area contributed by atoms with E-state index < -0.39 is 35.7 Å². The van der Waals surface area contributed by atoms with E-state index in [1.165, 1.54) is 6.92 Å². The minimum absolute atomic E-state index is 0.228. The third-order valence-electron chi connectivity index (χ3n) is 5.76. The van der Waals surface area contributed by atoms with Crippen molar-refractivity contribution in [3.8, 4) is 11.1 Å². The van der Waals surface area contributed by atoms with E-state index in [4.69, 9.17) is 9.57 Å². The van der Waals surface area contributed by atoms with E-state index >= 15 is 0 Å². The van der Waals surface area contributed by atoms with Crippen LogP contribution in [0.25, 0.3) is 11.1 Å². The fourth-order valence-electron chi connectivity index (χ4n) is 3.56. The number of aliphatic hydroxyl groups excluding tert-OH is 1. The van der Waals surface area contributed by atoms with Gasteiger partial charge in [-0.25, -0.2) is 10.3 Å². The number of amides is 4. The monoisotopic (exact) mass is 570 g/mol. The average Bonchev–Trinajstić information content (AvgIpc) is 2.92. The Balaban J connectivity index is 1.86. The molecule has 11 heteroatoms. The zero-order valence-corrected chi connectivity index (χ0v) is 24.4. The summed E-state index contributed by atoms with van der Waals surface area (Å²) in [7, 11) is 0. The number of nitrogens with one attached hydrogen (secondary N) is 4. The standard InChI is InChI=1S/C30H42N4O7/c1-6-7-19-40-34-28(38)25(20(2)35)33-27(37)24-15-11-22(12-16-24)21-9-13-23(14-10-21)26(36)31-17-8-18-32-29(39)41-30(3,4)5/h9-16,20,25,35H,6-8,17-19H2,1-5H3,(H,31,36)(H,32,39)(H,33,37)(H,34,38)/t20-,25+/m1/s1. The second-order valence-electron chi connectivity index (χ2n) is 10.6. The van der Waals surface area contributed by atoms with Crippen molar-refractivity contribution >= 4 is 23.8 Å². The molecule has 2 aromatic carbocycles. The number of carbonyl (C=O) groups is 4. The van der Waals surface area contributed by atoms with Crippen LogP contribution in [0.3, 0.4) is 0 Å². The maximum Gasteiger partial charge on any atom is 0.407 e. The quantitative estimate of drug-likeness (QED) is 0.172. The van der Waals surface area contributed by atoms with E-state index in [1.54, 1.807) is 69.3 Å². The number of rotatable bonds is 14. The molecule has 0 saturated carbocycles. The number of hydrogen-bond acceptors (Lipinski definition) is 7. The molecular weight excluding hydrogens is 528 g/mol. The lowest BCUT2D eigenvalue weighted by Crippen LogP contribution is -2.52. The molecule has 0 radical (unpaired) electrons. The number of aliphatic hydroxyl groups is 1. The summed E-state index contributed by atoms with van der Waals surface area (Å²) in [4.78, 5) is 54.2. The zero-order valence-electron chi connectivity index (χ0n) is 24.4. The molecule has 2 rings (SSSR count). The Labute approximate surface area is 241 Å². The van der Waals surface area contributed by atoms with Crippen LogP contribution < -0.4 is 21.4 Å². The molecule has 0 aliphatic carbocycles. The fraction of sp³-hybridized carbons (Fsp3) is 0.467. The van der Waals surface area contributed by atoms with Crippen molar-refractivity contribution in [2.75, 3.05) is 19.7 Å². The highest BCUT2D eigenvalue weighted by Gasteiger charge is 2.26. The molecule has 0 fully saturated rings. The van der Waals surface area contributed by atoms with Gasteiger partial charge in [-0.3, -0.25) is 19.2 Å². The van der Waals surface area contributed by atoms with Gasteiger partial charge in [0.25, 0.3) is 17.7 Å². The predicted octanol–water partition coefficient (Wildman–Crippen LogP) is 3.33. The van der Waals surface area contributed by atoms with Gasteiger partial charge in [-0.05, 0) is 75.9 Å². The first kappa shape index (κ1) is 33.2. The number of hydroxylamine groups is 1. The Morgan fingerprint density at radius 3 is 1.88 bits per heavy atom. The average molecular weight is 571 g/mol. The van der Waals surface area contributed by atoms with Crippen LogP contribution in [0, 0.1) is 0 Å². The first-order valence-corrected chi connectivity index (χ1v) is 13.8. The molecular formula is C30H42N4O7. The Morgan fingerprint density at radius 2 is 1.37 bits per heavy atom. The van der Waals surface area contributed by atoms with Crippen LogP contribution in [-0.2, 0) is 14.4 Å². The van der Waals surface area contributed by atoms with Crippen molar-refractivity contribution in [1.82, 2.24) is 21.4 Å². The summed E-state index contributed by atoms with van der Waals surface area (Å²) in [6, 6.07) is 12.6. The number of unbranched alkanes of at least 4 members (excludes halogenated alkanes) is 1. The summed E-state index contributed by atoms with van der Waals surface area (Å²) in [5.74, 6) is -1.38. The van der Waals surface area contributed by atoms with Crippen LogP contribution >= 0.6 is 0 Å². The number of hydrogen-bond donors (Lipinski definition) is 5. The molecule has 4 amide bonds. The van der Waals surface area contributed by atoms with Gasteiger partial charge < -0.3 is 25.8 Å². The van der Waals surface area contributed by atoms with Gasteiger partial charge >= 0.3 is 6.09 Å². The van der Waals surface area contributed by atoms with Gasteiger partial charge in [0, 0.05) is 24.2 Å². The summed E-state index contributed by atoms with van der Waals surface area (Å²) in [6.45, 7) is 9.87. The summed E-state index contributed by atoms with van der Waals surface area (Å²) >= 11 is 0. The van der Waals surface area contributed by atoms with E-state index in [1.807, 2.05) is 6.92 Å². The lowest BCUT2D eigenvalue weighted by Gasteiger charge is -2.20.